The van der Waals surface area contributed by atoms with Crippen LogP contribution in [0, 0.1) is 0 Å². The van der Waals surface area contributed by atoms with Crippen LogP contribution in [0.5, 0.6) is 0 Å². The van der Waals surface area contributed by atoms with Gasteiger partial charge in [0, 0.05) is 31.2 Å². The summed E-state index contributed by atoms with van der Waals surface area (Å²) < 4.78 is 5.05. The van der Waals surface area contributed by atoms with Crippen molar-refractivity contribution in [2.45, 2.75) is 50.1 Å². The molecule has 0 radical (unpaired) electrons. The van der Waals surface area contributed by atoms with Crippen LogP contribution in [0.25, 0.3) is 0 Å². The smallest absolute Gasteiger partial charge is 0.327 e. The number of urea groups is 1. The molecule has 1 spiro atoms. The van der Waals surface area contributed by atoms with E-state index in [2.05, 4.69) is 10.2 Å². The number of hydrogen-bond acceptors (Lipinski definition) is 6. The Hall–Kier alpha value is -2.16. The molecule has 32 heavy (non-hydrogen) atoms. The molecular weight excluding hydrogens is 432 g/mol. The van der Waals surface area contributed by atoms with Gasteiger partial charge in [-0.25, -0.2) is 14.5 Å². The molecule has 3 amide bonds. The Balaban J connectivity index is 1.40. The van der Waals surface area contributed by atoms with E-state index in [0.29, 0.717) is 31.2 Å². The first-order valence-corrected chi connectivity index (χ1v) is 11.8. The molecule has 2 aliphatic heterocycles. The Morgan fingerprint density at radius 2 is 1.75 bits per heavy atom. The summed E-state index contributed by atoms with van der Waals surface area (Å²) in [4.78, 5) is 43.9. The molecule has 4 rings (SSSR count). The number of halogens is 1. The van der Waals surface area contributed by atoms with Crippen molar-refractivity contribution in [2.75, 3.05) is 40.0 Å². The molecule has 1 atom stereocenters. The highest BCUT2D eigenvalue weighted by Crippen LogP contribution is 2.33. The van der Waals surface area contributed by atoms with Crippen LogP contribution in [0.4, 0.5) is 4.79 Å². The highest BCUT2D eigenvalue weighted by atomic mass is 35.5. The number of nitrogens with one attached hydrogen (secondary N) is 1. The summed E-state index contributed by atoms with van der Waals surface area (Å²) in [5, 5.41) is 3.53. The molecular formula is C23H31ClN4O4. The molecule has 8 nitrogen and oxygen atoms in total. The van der Waals surface area contributed by atoms with E-state index in [0.717, 1.165) is 44.1 Å². The van der Waals surface area contributed by atoms with E-state index < -0.39 is 11.6 Å². The van der Waals surface area contributed by atoms with Crippen LogP contribution in [0.2, 0.25) is 5.02 Å². The number of carbonyl (C=O) groups is 3. The molecule has 3 fully saturated rings. The molecule has 0 bridgehead atoms. The van der Waals surface area contributed by atoms with E-state index >= 15 is 0 Å². The fourth-order valence-electron chi connectivity index (χ4n) is 5.12. The van der Waals surface area contributed by atoms with Gasteiger partial charge in [-0.3, -0.25) is 14.6 Å². The molecule has 1 aromatic rings. The van der Waals surface area contributed by atoms with Crippen molar-refractivity contribution in [3.63, 3.8) is 0 Å². The Morgan fingerprint density at radius 3 is 2.38 bits per heavy atom. The van der Waals surface area contributed by atoms with Crippen LogP contribution < -0.4 is 5.32 Å². The van der Waals surface area contributed by atoms with Gasteiger partial charge >= 0.3 is 12.0 Å². The van der Waals surface area contributed by atoms with Crippen LogP contribution in [-0.4, -0.2) is 78.1 Å². The van der Waals surface area contributed by atoms with Crippen molar-refractivity contribution < 1.29 is 19.1 Å². The number of carbonyl (C=O) groups excluding carboxylic acids is 3. The standard InChI is InChI=1S/C23H31ClN4O4/c1-32-20(29)19(17-8-4-5-9-18(17)24)27-14-12-26(13-15-27)16-28-21(30)23(25-22(28)31)10-6-2-3-7-11-23/h4-5,8-9,19H,2-3,6-7,10-16H2,1H3,(H,25,31)/t19-/m0/s1. The lowest BCUT2D eigenvalue weighted by Crippen LogP contribution is -2.53. The van der Waals surface area contributed by atoms with Gasteiger partial charge in [-0.15, -0.1) is 0 Å². The van der Waals surface area contributed by atoms with Gasteiger partial charge in [0.05, 0.1) is 13.8 Å². The van der Waals surface area contributed by atoms with Gasteiger partial charge in [0.25, 0.3) is 5.91 Å². The van der Waals surface area contributed by atoms with Crippen molar-refractivity contribution in [1.29, 1.82) is 0 Å². The molecule has 1 aromatic carbocycles. The topological polar surface area (TPSA) is 82.2 Å². The lowest BCUT2D eigenvalue weighted by atomic mass is 9.90. The van der Waals surface area contributed by atoms with E-state index in [1.807, 2.05) is 23.1 Å². The van der Waals surface area contributed by atoms with Crippen LogP contribution in [0.1, 0.15) is 50.1 Å². The van der Waals surface area contributed by atoms with Gasteiger partial charge < -0.3 is 10.1 Å². The number of nitrogens with zero attached hydrogens (tertiary/aromatic N) is 3. The predicted octanol–water partition coefficient (Wildman–Crippen LogP) is 2.77. The third-order valence-corrected chi connectivity index (χ3v) is 7.28. The summed E-state index contributed by atoms with van der Waals surface area (Å²) in [6.07, 6.45) is 5.60. The summed E-state index contributed by atoms with van der Waals surface area (Å²) in [5.74, 6) is -0.439. The van der Waals surface area contributed by atoms with E-state index in [9.17, 15) is 14.4 Å². The second kappa shape index (κ2) is 9.77. The highest BCUT2D eigenvalue weighted by Gasteiger charge is 2.51. The number of esters is 1. The van der Waals surface area contributed by atoms with Crippen molar-refractivity contribution >= 4 is 29.5 Å². The highest BCUT2D eigenvalue weighted by molar-refractivity contribution is 6.31. The summed E-state index contributed by atoms with van der Waals surface area (Å²) in [6, 6.07) is 6.43. The van der Waals surface area contributed by atoms with Crippen LogP contribution in [0.3, 0.4) is 0 Å². The van der Waals surface area contributed by atoms with Crippen LogP contribution in [0.15, 0.2) is 24.3 Å². The number of imide groups is 1. The summed E-state index contributed by atoms with van der Waals surface area (Å²) in [5.41, 5.74) is 0.00832. The Bertz CT molecular complexity index is 863. The van der Waals surface area contributed by atoms with Gasteiger partial charge in [-0.05, 0) is 24.5 Å². The minimum Gasteiger partial charge on any atom is -0.468 e. The largest absolute Gasteiger partial charge is 0.468 e. The van der Waals surface area contributed by atoms with E-state index in [1.54, 1.807) is 6.07 Å². The number of piperazine rings is 1. The van der Waals surface area contributed by atoms with E-state index in [4.69, 9.17) is 16.3 Å². The van der Waals surface area contributed by atoms with Crippen LogP contribution >= 0.6 is 11.6 Å². The normalized spacial score (nSPS) is 23.1. The fraction of sp³-hybridized carbons (Fsp3) is 0.609. The molecule has 0 unspecified atom stereocenters. The number of ether oxygens (including phenoxy) is 1. The van der Waals surface area contributed by atoms with Crippen molar-refractivity contribution in [1.82, 2.24) is 20.0 Å². The zero-order valence-electron chi connectivity index (χ0n) is 18.5. The monoisotopic (exact) mass is 462 g/mol. The van der Waals surface area contributed by atoms with Crippen molar-refractivity contribution in [3.8, 4) is 0 Å². The SMILES string of the molecule is COC(=O)[C@H](c1ccccc1Cl)N1CCN(CN2C(=O)NC3(CCCCCC3)C2=O)CC1. The van der Waals surface area contributed by atoms with E-state index in [-0.39, 0.29) is 24.6 Å². The van der Waals surface area contributed by atoms with Gasteiger partial charge in [0.2, 0.25) is 0 Å². The van der Waals surface area contributed by atoms with E-state index in [1.165, 1.54) is 12.0 Å². The number of amides is 3. The molecule has 1 N–H and O–H groups in total. The second-order valence-electron chi connectivity index (χ2n) is 8.90. The number of benzene rings is 1. The summed E-state index contributed by atoms with van der Waals surface area (Å²) in [7, 11) is 1.38. The number of hydrogen-bond donors (Lipinski definition) is 1. The molecule has 2 heterocycles. The number of rotatable bonds is 5. The zero-order valence-corrected chi connectivity index (χ0v) is 19.3. The first-order chi connectivity index (χ1) is 15.4. The molecule has 0 aromatic heterocycles. The summed E-state index contributed by atoms with van der Waals surface area (Å²) in [6.45, 7) is 2.72. The van der Waals surface area contributed by atoms with Gasteiger partial charge in [-0.2, -0.15) is 0 Å². The molecule has 1 aliphatic carbocycles. The Labute approximate surface area is 193 Å². The maximum Gasteiger partial charge on any atom is 0.327 e. The molecule has 174 valence electrons. The quantitative estimate of drug-likeness (QED) is 0.535. The minimum atomic E-state index is -0.713. The molecule has 9 heteroatoms. The van der Waals surface area contributed by atoms with Crippen molar-refractivity contribution in [3.05, 3.63) is 34.9 Å². The first-order valence-electron chi connectivity index (χ1n) is 11.4. The van der Waals surface area contributed by atoms with Crippen LogP contribution in [-0.2, 0) is 14.3 Å². The molecule has 2 saturated heterocycles. The number of methoxy groups -OCH3 is 1. The Morgan fingerprint density at radius 1 is 1.09 bits per heavy atom. The average molecular weight is 463 g/mol. The third kappa shape index (κ3) is 4.49. The maximum atomic E-state index is 13.2. The minimum absolute atomic E-state index is 0.0877. The van der Waals surface area contributed by atoms with Gasteiger partial charge in [0.15, 0.2) is 0 Å². The first kappa shape index (κ1) is 23.0. The molecule has 3 aliphatic rings. The predicted molar refractivity (Wildman–Crippen MR) is 120 cm³/mol. The Kier molecular flexibility index (Phi) is 7.02. The molecule has 1 saturated carbocycles. The fourth-order valence-corrected chi connectivity index (χ4v) is 5.36. The zero-order chi connectivity index (χ0) is 22.7. The third-order valence-electron chi connectivity index (χ3n) is 6.94. The summed E-state index contributed by atoms with van der Waals surface area (Å²) >= 11 is 6.36. The average Bonchev–Trinajstić information content (AvgIpc) is 2.95. The van der Waals surface area contributed by atoms with Gasteiger partial charge in [-0.1, -0.05) is 55.5 Å². The van der Waals surface area contributed by atoms with Gasteiger partial charge in [0.1, 0.15) is 11.6 Å². The maximum absolute atomic E-state index is 13.2. The van der Waals surface area contributed by atoms with Crippen molar-refractivity contribution in [2.24, 2.45) is 0 Å². The lowest BCUT2D eigenvalue weighted by Gasteiger charge is -2.39. The lowest BCUT2D eigenvalue weighted by molar-refractivity contribution is -0.148. The second-order valence-corrected chi connectivity index (χ2v) is 9.31.